The van der Waals surface area contributed by atoms with Crippen molar-refractivity contribution >= 4 is 49.1 Å². The molecule has 7 nitrogen and oxygen atoms in total. The highest BCUT2D eigenvalue weighted by molar-refractivity contribution is 9.10. The summed E-state index contributed by atoms with van der Waals surface area (Å²) in [4.78, 5) is 35.4. The van der Waals surface area contributed by atoms with E-state index in [4.69, 9.17) is 0 Å². The van der Waals surface area contributed by atoms with E-state index in [9.17, 15) is 66.7 Å². The molecule has 0 bridgehead atoms. The lowest BCUT2D eigenvalue weighted by Gasteiger charge is -2.31. The van der Waals surface area contributed by atoms with Gasteiger partial charge in [-0.2, -0.15) is 39.5 Å². The van der Waals surface area contributed by atoms with Crippen LogP contribution in [-0.4, -0.2) is 62.4 Å². The summed E-state index contributed by atoms with van der Waals surface area (Å²) in [6.45, 7) is 1.59. The Kier molecular flexibility index (Phi) is 10.0. The highest BCUT2D eigenvalue weighted by Crippen LogP contribution is 2.55. The molecule has 20 heteroatoms. The summed E-state index contributed by atoms with van der Waals surface area (Å²) < 4.78 is 172. The molecule has 0 spiro atoms. The standard InChI is InChI=1S/C23H16BrF11N2O5S/c1-3-37(2)19(40)14(38)7-10-5-4-6-12(16(10)25)18(39)36-17-13(24)8-11(9-15(17)43(41,42)23(33,34)35)20(26,21(27,28)29)22(30,31)32/h4-6,8-9H,3,7H2,1-2H3,(H,36,39). The zero-order valence-corrected chi connectivity index (χ0v) is 23.6. The number of hydrogen-bond donors (Lipinski definition) is 1. The molecule has 0 saturated heterocycles. The molecule has 2 amide bonds. The topological polar surface area (TPSA) is 101 Å². The van der Waals surface area contributed by atoms with Crippen molar-refractivity contribution in [3.8, 4) is 0 Å². The SMILES string of the molecule is CCN(C)C(=O)C(=O)Cc1cccc(C(=O)Nc2c(Br)cc(C(F)(C(F)(F)F)C(F)(F)F)cc2S(=O)(=O)C(F)(F)F)c1F. The minimum Gasteiger partial charge on any atom is -0.339 e. The van der Waals surface area contributed by atoms with E-state index < -0.39 is 101 Å². The van der Waals surface area contributed by atoms with Crippen molar-refractivity contribution < 1.29 is 71.1 Å². The smallest absolute Gasteiger partial charge is 0.339 e. The third-order valence-corrected chi connectivity index (χ3v) is 7.94. The second-order valence-corrected chi connectivity index (χ2v) is 11.4. The first-order valence-electron chi connectivity index (χ1n) is 11.2. The molecule has 43 heavy (non-hydrogen) atoms. The quantitative estimate of drug-likeness (QED) is 0.266. The molecule has 0 heterocycles. The number of carbonyl (C=O) groups is 3. The Balaban J connectivity index is 2.74. The van der Waals surface area contributed by atoms with Crippen LogP contribution >= 0.6 is 15.9 Å². The van der Waals surface area contributed by atoms with Crippen LogP contribution in [0.4, 0.5) is 54.0 Å². The number of nitrogens with one attached hydrogen (secondary N) is 1. The summed E-state index contributed by atoms with van der Waals surface area (Å²) in [5.74, 6) is -5.54. The Morgan fingerprint density at radius 1 is 0.930 bits per heavy atom. The van der Waals surface area contributed by atoms with Crippen molar-refractivity contribution in [3.63, 3.8) is 0 Å². The molecule has 238 valence electrons. The molecule has 0 atom stereocenters. The molecule has 0 aromatic heterocycles. The van der Waals surface area contributed by atoms with Crippen LogP contribution in [0.25, 0.3) is 0 Å². The molecule has 2 rings (SSSR count). The van der Waals surface area contributed by atoms with Crippen LogP contribution in [0.5, 0.6) is 0 Å². The average molecular weight is 721 g/mol. The van der Waals surface area contributed by atoms with E-state index in [2.05, 4.69) is 15.9 Å². The van der Waals surface area contributed by atoms with Crippen molar-refractivity contribution in [2.24, 2.45) is 0 Å². The van der Waals surface area contributed by atoms with Gasteiger partial charge in [0.25, 0.3) is 21.7 Å². The van der Waals surface area contributed by atoms with Gasteiger partial charge in [0.05, 0.1) is 11.3 Å². The number of Topliss-reactive ketones (excluding diaryl/α,β-unsaturated/α-hetero) is 1. The maximum atomic E-state index is 15.1. The highest BCUT2D eigenvalue weighted by Gasteiger charge is 2.73. The number of rotatable bonds is 8. The molecule has 0 saturated carbocycles. The average Bonchev–Trinajstić information content (AvgIpc) is 2.87. The zero-order valence-electron chi connectivity index (χ0n) is 21.2. The molecular formula is C23H16BrF11N2O5S. The number of hydrogen-bond acceptors (Lipinski definition) is 5. The molecule has 2 aromatic rings. The predicted octanol–water partition coefficient (Wildman–Crippen LogP) is 6.01. The molecule has 0 aliphatic rings. The van der Waals surface area contributed by atoms with E-state index >= 15 is 4.39 Å². The van der Waals surface area contributed by atoms with Crippen LogP contribution in [0.15, 0.2) is 39.7 Å². The van der Waals surface area contributed by atoms with E-state index in [0.29, 0.717) is 6.07 Å². The number of amides is 2. The molecule has 2 aromatic carbocycles. The number of alkyl halides is 10. The largest absolute Gasteiger partial charge is 0.501 e. The van der Waals surface area contributed by atoms with Gasteiger partial charge in [-0.25, -0.2) is 17.2 Å². The number of sulfone groups is 1. The molecule has 0 unspecified atom stereocenters. The summed E-state index contributed by atoms with van der Waals surface area (Å²) >= 11 is 2.26. The number of benzene rings is 2. The van der Waals surface area contributed by atoms with Gasteiger partial charge < -0.3 is 10.2 Å². The summed E-state index contributed by atoms with van der Waals surface area (Å²) in [5, 5.41) is 1.45. The van der Waals surface area contributed by atoms with Crippen molar-refractivity contribution in [1.29, 1.82) is 0 Å². The normalized spacial score (nSPS) is 13.1. The lowest BCUT2D eigenvalue weighted by Crippen LogP contribution is -2.50. The van der Waals surface area contributed by atoms with Gasteiger partial charge in [0.2, 0.25) is 5.78 Å². The van der Waals surface area contributed by atoms with Gasteiger partial charge in [-0.1, -0.05) is 12.1 Å². The zero-order chi connectivity index (χ0) is 33.5. The van der Waals surface area contributed by atoms with E-state index in [1.165, 1.54) is 19.3 Å². The van der Waals surface area contributed by atoms with E-state index in [-0.39, 0.29) is 12.6 Å². The molecule has 1 N–H and O–H groups in total. The van der Waals surface area contributed by atoms with Crippen LogP contribution < -0.4 is 5.32 Å². The second kappa shape index (κ2) is 12.0. The van der Waals surface area contributed by atoms with Gasteiger partial charge in [0.1, 0.15) is 10.7 Å². The molecule has 0 aliphatic heterocycles. The Labute approximate surface area is 243 Å². The monoisotopic (exact) mass is 720 g/mol. The summed E-state index contributed by atoms with van der Waals surface area (Å²) in [6.07, 6.45) is -14.6. The van der Waals surface area contributed by atoms with Gasteiger partial charge in [-0.15, -0.1) is 0 Å². The highest BCUT2D eigenvalue weighted by atomic mass is 79.9. The van der Waals surface area contributed by atoms with Crippen LogP contribution in [0.1, 0.15) is 28.4 Å². The Morgan fingerprint density at radius 3 is 1.93 bits per heavy atom. The maximum absolute atomic E-state index is 15.1. The summed E-state index contributed by atoms with van der Waals surface area (Å²) in [6, 6.07) is 1.25. The van der Waals surface area contributed by atoms with Crippen molar-refractivity contribution in [2.75, 3.05) is 18.9 Å². The first-order valence-corrected chi connectivity index (χ1v) is 13.4. The first-order chi connectivity index (χ1) is 19.3. The molecule has 0 fully saturated rings. The maximum Gasteiger partial charge on any atom is 0.501 e. The molecule has 0 radical (unpaired) electrons. The van der Waals surface area contributed by atoms with Gasteiger partial charge >= 0.3 is 23.5 Å². The van der Waals surface area contributed by atoms with Gasteiger partial charge in [-0.3, -0.25) is 14.4 Å². The fourth-order valence-corrected chi connectivity index (χ4v) is 5.06. The van der Waals surface area contributed by atoms with E-state index in [1.54, 1.807) is 0 Å². The van der Waals surface area contributed by atoms with E-state index in [1.807, 2.05) is 0 Å². The third kappa shape index (κ3) is 6.78. The number of nitrogens with zero attached hydrogens (tertiary/aromatic N) is 1. The van der Waals surface area contributed by atoms with Crippen molar-refractivity contribution in [1.82, 2.24) is 4.90 Å². The lowest BCUT2D eigenvalue weighted by molar-refractivity contribution is -0.348. The third-order valence-electron chi connectivity index (χ3n) is 5.80. The number of likely N-dealkylation sites (N-methyl/N-ethyl adjacent to an activating group) is 1. The Bertz CT molecular complexity index is 1540. The fourth-order valence-electron chi connectivity index (χ4n) is 3.40. The Hall–Kier alpha value is -3.29. The minimum atomic E-state index is -6.91. The number of ketones is 1. The van der Waals surface area contributed by atoms with Crippen LogP contribution in [-0.2, 0) is 31.5 Å². The summed E-state index contributed by atoms with van der Waals surface area (Å²) in [7, 11) is -5.67. The predicted molar refractivity (Wildman–Crippen MR) is 129 cm³/mol. The molecular weight excluding hydrogens is 705 g/mol. The van der Waals surface area contributed by atoms with Crippen molar-refractivity contribution in [2.45, 2.75) is 41.8 Å². The lowest BCUT2D eigenvalue weighted by atomic mass is 9.94. The summed E-state index contributed by atoms with van der Waals surface area (Å²) in [5.41, 5.74) is -18.7. The number of carbonyl (C=O) groups excluding carboxylic acids is 3. The van der Waals surface area contributed by atoms with Crippen LogP contribution in [0, 0.1) is 5.82 Å². The first kappa shape index (κ1) is 35.9. The van der Waals surface area contributed by atoms with Gasteiger partial charge in [0.15, 0.2) is 0 Å². The van der Waals surface area contributed by atoms with E-state index in [0.717, 1.165) is 17.0 Å². The van der Waals surface area contributed by atoms with Crippen molar-refractivity contribution in [3.05, 3.63) is 57.3 Å². The van der Waals surface area contributed by atoms with Gasteiger partial charge in [0, 0.05) is 30.0 Å². The van der Waals surface area contributed by atoms with Crippen LogP contribution in [0.2, 0.25) is 0 Å². The van der Waals surface area contributed by atoms with Gasteiger partial charge in [-0.05, 0) is 46.6 Å². The minimum absolute atomic E-state index is 0.0851. The second-order valence-electron chi connectivity index (χ2n) is 8.59. The fraction of sp³-hybridized carbons (Fsp3) is 0.348. The number of anilines is 1. The number of halogens is 12. The molecule has 0 aliphatic carbocycles. The Morgan fingerprint density at radius 2 is 1.47 bits per heavy atom. The van der Waals surface area contributed by atoms with Crippen LogP contribution in [0.3, 0.4) is 0 Å².